The van der Waals surface area contributed by atoms with Crippen LogP contribution in [0.5, 0.6) is 0 Å². The fraction of sp³-hybridized carbons (Fsp3) is 0.250. The predicted molar refractivity (Wildman–Crippen MR) is 71.1 cm³/mol. The fourth-order valence-corrected chi connectivity index (χ4v) is 2.25. The van der Waals surface area contributed by atoms with Crippen molar-refractivity contribution < 1.29 is 0 Å². The van der Waals surface area contributed by atoms with Crippen LogP contribution >= 0.6 is 23.2 Å². The average molecular weight is 270 g/mol. The first-order chi connectivity index (χ1) is 8.10. The largest absolute Gasteiger partial charge is 0.330 e. The summed E-state index contributed by atoms with van der Waals surface area (Å²) in [5.74, 6) is 0. The van der Waals surface area contributed by atoms with Gasteiger partial charge in [0.25, 0.3) is 0 Å². The van der Waals surface area contributed by atoms with Crippen molar-refractivity contribution in [2.75, 3.05) is 6.54 Å². The molecule has 2 rings (SSSR count). The van der Waals surface area contributed by atoms with Crippen molar-refractivity contribution in [2.24, 2.45) is 5.73 Å². The molecule has 90 valence electrons. The molecule has 0 spiro atoms. The Labute approximate surface area is 110 Å². The molecule has 0 amide bonds. The van der Waals surface area contributed by atoms with Gasteiger partial charge < -0.3 is 5.73 Å². The van der Waals surface area contributed by atoms with E-state index in [2.05, 4.69) is 5.10 Å². The molecular formula is C12H13Cl2N3. The quantitative estimate of drug-likeness (QED) is 0.931. The number of hydrogen-bond acceptors (Lipinski definition) is 2. The van der Waals surface area contributed by atoms with E-state index in [1.165, 1.54) is 0 Å². The number of halogens is 2. The molecule has 0 atom stereocenters. The van der Waals surface area contributed by atoms with Crippen molar-refractivity contribution in [1.82, 2.24) is 9.78 Å². The maximum absolute atomic E-state index is 5.97. The third-order valence-electron chi connectivity index (χ3n) is 2.43. The standard InChI is InChI=1S/C12H13Cl2N3/c1-8-4-11(2-3-15)16-17(8)12-6-9(13)5-10(14)7-12/h4-7H,2-3,15H2,1H3. The van der Waals surface area contributed by atoms with Gasteiger partial charge in [-0.2, -0.15) is 5.10 Å². The average Bonchev–Trinajstić information content (AvgIpc) is 2.58. The van der Waals surface area contributed by atoms with Gasteiger partial charge in [0.05, 0.1) is 11.4 Å². The third kappa shape index (κ3) is 2.80. The highest BCUT2D eigenvalue weighted by molar-refractivity contribution is 6.34. The minimum Gasteiger partial charge on any atom is -0.330 e. The Kier molecular flexibility index (Phi) is 3.72. The van der Waals surface area contributed by atoms with E-state index in [9.17, 15) is 0 Å². The van der Waals surface area contributed by atoms with E-state index in [0.717, 1.165) is 23.5 Å². The molecule has 2 aromatic rings. The molecule has 0 unspecified atom stereocenters. The number of hydrogen-bond donors (Lipinski definition) is 1. The second-order valence-electron chi connectivity index (χ2n) is 3.86. The van der Waals surface area contributed by atoms with Gasteiger partial charge in [-0.25, -0.2) is 4.68 Å². The predicted octanol–water partition coefficient (Wildman–Crippen LogP) is 2.99. The number of aromatic nitrogens is 2. The highest BCUT2D eigenvalue weighted by atomic mass is 35.5. The summed E-state index contributed by atoms with van der Waals surface area (Å²) in [6.45, 7) is 2.58. The van der Waals surface area contributed by atoms with Gasteiger partial charge >= 0.3 is 0 Å². The van der Waals surface area contributed by atoms with Gasteiger partial charge in [0.15, 0.2) is 0 Å². The van der Waals surface area contributed by atoms with Crippen molar-refractivity contribution in [3.63, 3.8) is 0 Å². The second kappa shape index (κ2) is 5.08. The Balaban J connectivity index is 2.44. The minimum atomic E-state index is 0.590. The van der Waals surface area contributed by atoms with Gasteiger partial charge in [0.2, 0.25) is 0 Å². The summed E-state index contributed by atoms with van der Waals surface area (Å²) in [6, 6.07) is 7.38. The van der Waals surface area contributed by atoms with Gasteiger partial charge in [-0.1, -0.05) is 23.2 Å². The maximum atomic E-state index is 5.97. The van der Waals surface area contributed by atoms with Crippen LogP contribution in [-0.4, -0.2) is 16.3 Å². The van der Waals surface area contributed by atoms with E-state index in [-0.39, 0.29) is 0 Å². The summed E-state index contributed by atoms with van der Waals surface area (Å²) >= 11 is 11.9. The summed E-state index contributed by atoms with van der Waals surface area (Å²) < 4.78 is 1.82. The Bertz CT molecular complexity index is 514. The molecule has 0 saturated carbocycles. The first kappa shape index (κ1) is 12.4. The zero-order valence-electron chi connectivity index (χ0n) is 9.45. The fourth-order valence-electron chi connectivity index (χ4n) is 1.73. The van der Waals surface area contributed by atoms with E-state index in [0.29, 0.717) is 16.6 Å². The van der Waals surface area contributed by atoms with Crippen molar-refractivity contribution in [3.05, 3.63) is 45.7 Å². The molecule has 2 N–H and O–H groups in total. The monoisotopic (exact) mass is 269 g/mol. The minimum absolute atomic E-state index is 0.590. The van der Waals surface area contributed by atoms with Crippen LogP contribution < -0.4 is 5.73 Å². The topological polar surface area (TPSA) is 43.8 Å². The molecule has 1 aromatic carbocycles. The van der Waals surface area contributed by atoms with Crippen LogP contribution in [0.1, 0.15) is 11.4 Å². The number of rotatable bonds is 3. The molecule has 3 nitrogen and oxygen atoms in total. The smallest absolute Gasteiger partial charge is 0.0678 e. The Morgan fingerprint density at radius 3 is 2.41 bits per heavy atom. The lowest BCUT2D eigenvalue weighted by atomic mass is 10.3. The molecule has 0 bridgehead atoms. The lowest BCUT2D eigenvalue weighted by Gasteiger charge is -2.05. The van der Waals surface area contributed by atoms with Crippen molar-refractivity contribution >= 4 is 23.2 Å². The van der Waals surface area contributed by atoms with Crippen molar-refractivity contribution in [3.8, 4) is 5.69 Å². The van der Waals surface area contributed by atoms with Gasteiger partial charge in [-0.05, 0) is 37.7 Å². The molecule has 0 aliphatic heterocycles. The summed E-state index contributed by atoms with van der Waals surface area (Å²) in [6.07, 6.45) is 0.766. The molecule has 0 radical (unpaired) electrons. The normalized spacial score (nSPS) is 10.8. The first-order valence-corrected chi connectivity index (χ1v) is 6.08. The van der Waals surface area contributed by atoms with E-state index in [4.69, 9.17) is 28.9 Å². The molecule has 1 heterocycles. The van der Waals surface area contributed by atoms with Crippen molar-refractivity contribution in [1.29, 1.82) is 0 Å². The van der Waals surface area contributed by atoms with Gasteiger partial charge in [0.1, 0.15) is 0 Å². The van der Waals surface area contributed by atoms with Gasteiger partial charge in [-0.15, -0.1) is 0 Å². The van der Waals surface area contributed by atoms with Gasteiger partial charge in [-0.3, -0.25) is 0 Å². The zero-order chi connectivity index (χ0) is 12.4. The highest BCUT2D eigenvalue weighted by Gasteiger charge is 2.07. The molecule has 0 aliphatic carbocycles. The Morgan fingerprint density at radius 2 is 1.82 bits per heavy atom. The number of benzene rings is 1. The second-order valence-corrected chi connectivity index (χ2v) is 4.73. The highest BCUT2D eigenvalue weighted by Crippen LogP contribution is 2.22. The number of nitrogens with two attached hydrogens (primary N) is 1. The van der Waals surface area contributed by atoms with Crippen LogP contribution in [0, 0.1) is 6.92 Å². The summed E-state index contributed by atoms with van der Waals surface area (Å²) in [7, 11) is 0. The Hall–Kier alpha value is -1.03. The number of aryl methyl sites for hydroxylation is 1. The molecule has 0 saturated heterocycles. The van der Waals surface area contributed by atoms with Crippen LogP contribution in [0.3, 0.4) is 0 Å². The molecular weight excluding hydrogens is 257 g/mol. The van der Waals surface area contributed by atoms with E-state index < -0.39 is 0 Å². The third-order valence-corrected chi connectivity index (χ3v) is 2.87. The van der Waals surface area contributed by atoms with Crippen LogP contribution in [0.4, 0.5) is 0 Å². The van der Waals surface area contributed by atoms with Gasteiger partial charge in [0, 0.05) is 22.2 Å². The van der Waals surface area contributed by atoms with Crippen LogP contribution in [0.15, 0.2) is 24.3 Å². The lowest BCUT2D eigenvalue weighted by Crippen LogP contribution is -2.04. The lowest BCUT2D eigenvalue weighted by molar-refractivity contribution is 0.804. The molecule has 0 aliphatic rings. The van der Waals surface area contributed by atoms with Crippen LogP contribution in [0.25, 0.3) is 5.69 Å². The van der Waals surface area contributed by atoms with Crippen LogP contribution in [-0.2, 0) is 6.42 Å². The zero-order valence-corrected chi connectivity index (χ0v) is 11.0. The Morgan fingerprint density at radius 1 is 1.18 bits per heavy atom. The van der Waals surface area contributed by atoms with Crippen molar-refractivity contribution in [2.45, 2.75) is 13.3 Å². The molecule has 1 aromatic heterocycles. The first-order valence-electron chi connectivity index (χ1n) is 5.32. The van der Waals surface area contributed by atoms with E-state index in [1.807, 2.05) is 29.8 Å². The summed E-state index contributed by atoms with van der Waals surface area (Å²) in [5, 5.41) is 5.67. The summed E-state index contributed by atoms with van der Waals surface area (Å²) in [5.41, 5.74) is 8.39. The summed E-state index contributed by atoms with van der Waals surface area (Å²) in [4.78, 5) is 0. The molecule has 0 fully saturated rings. The van der Waals surface area contributed by atoms with E-state index >= 15 is 0 Å². The van der Waals surface area contributed by atoms with Crippen LogP contribution in [0.2, 0.25) is 10.0 Å². The molecule has 5 heteroatoms. The number of nitrogens with zero attached hydrogens (tertiary/aromatic N) is 2. The van der Waals surface area contributed by atoms with E-state index in [1.54, 1.807) is 6.07 Å². The SMILES string of the molecule is Cc1cc(CCN)nn1-c1cc(Cl)cc(Cl)c1. The molecule has 17 heavy (non-hydrogen) atoms. The maximum Gasteiger partial charge on any atom is 0.0678 e.